The molecule has 1 heterocycles. The number of amides is 1. The van der Waals surface area contributed by atoms with Crippen LogP contribution in [0.25, 0.3) is 0 Å². The molecular formula is C16H20N2O3S. The highest BCUT2D eigenvalue weighted by Crippen LogP contribution is 2.16. The summed E-state index contributed by atoms with van der Waals surface area (Å²) >= 11 is 1.60. The summed E-state index contributed by atoms with van der Waals surface area (Å²) in [6.45, 7) is 3.60. The van der Waals surface area contributed by atoms with E-state index in [0.717, 1.165) is 17.1 Å². The molecule has 1 aromatic heterocycles. The van der Waals surface area contributed by atoms with E-state index in [1.54, 1.807) is 30.6 Å². The van der Waals surface area contributed by atoms with Crippen molar-refractivity contribution in [1.82, 2.24) is 10.3 Å². The number of carbonyl (C=O) groups is 1. The van der Waals surface area contributed by atoms with Crippen molar-refractivity contribution in [3.63, 3.8) is 0 Å². The van der Waals surface area contributed by atoms with E-state index in [4.69, 9.17) is 9.47 Å². The number of aryl methyl sites for hydroxylation is 1. The lowest BCUT2D eigenvalue weighted by atomic mass is 10.2. The number of ether oxygens (including phenoxy) is 2. The summed E-state index contributed by atoms with van der Waals surface area (Å²) in [5.74, 6) is 0.557. The smallest absolute Gasteiger partial charge is 0.251 e. The predicted octanol–water partition coefficient (Wildman–Crippen LogP) is 2.80. The van der Waals surface area contributed by atoms with Gasteiger partial charge in [-0.3, -0.25) is 4.79 Å². The molecular weight excluding hydrogens is 300 g/mol. The van der Waals surface area contributed by atoms with Crippen molar-refractivity contribution < 1.29 is 14.3 Å². The molecule has 6 heteroatoms. The van der Waals surface area contributed by atoms with Crippen LogP contribution in [0.2, 0.25) is 0 Å². The zero-order chi connectivity index (χ0) is 15.8. The maximum absolute atomic E-state index is 12.0. The summed E-state index contributed by atoms with van der Waals surface area (Å²) in [6.07, 6.45) is 0.793. The van der Waals surface area contributed by atoms with Gasteiger partial charge in [-0.1, -0.05) is 6.07 Å². The molecule has 0 fully saturated rings. The third-order valence-electron chi connectivity index (χ3n) is 2.96. The molecule has 0 saturated heterocycles. The van der Waals surface area contributed by atoms with Gasteiger partial charge in [0.15, 0.2) is 0 Å². The summed E-state index contributed by atoms with van der Waals surface area (Å²) in [5.41, 5.74) is 1.49. The third-order valence-corrected chi connectivity index (χ3v) is 3.78. The normalized spacial score (nSPS) is 10.5. The molecule has 2 aromatic rings. The second-order valence-electron chi connectivity index (χ2n) is 4.78. The average Bonchev–Trinajstić information content (AvgIpc) is 2.95. The van der Waals surface area contributed by atoms with Crippen LogP contribution in [0.1, 0.15) is 27.5 Å². The van der Waals surface area contributed by atoms with Gasteiger partial charge in [0, 0.05) is 31.2 Å². The minimum absolute atomic E-state index is 0.106. The minimum atomic E-state index is -0.106. The van der Waals surface area contributed by atoms with Crippen molar-refractivity contribution in [2.75, 3.05) is 20.3 Å². The Balaban J connectivity index is 1.87. The van der Waals surface area contributed by atoms with Crippen LogP contribution >= 0.6 is 11.3 Å². The first-order valence-corrected chi connectivity index (χ1v) is 7.98. The number of carbonyl (C=O) groups excluding carboxylic acids is 1. The second-order valence-corrected chi connectivity index (χ2v) is 5.84. The molecule has 0 unspecified atom stereocenters. The van der Waals surface area contributed by atoms with E-state index >= 15 is 0 Å². The Morgan fingerprint density at radius 3 is 3.00 bits per heavy atom. The topological polar surface area (TPSA) is 60.5 Å². The molecule has 0 aliphatic rings. The van der Waals surface area contributed by atoms with Gasteiger partial charge >= 0.3 is 0 Å². The summed E-state index contributed by atoms with van der Waals surface area (Å²) in [7, 11) is 1.65. The van der Waals surface area contributed by atoms with E-state index in [2.05, 4.69) is 10.3 Å². The Kier molecular flexibility index (Phi) is 6.36. The zero-order valence-electron chi connectivity index (χ0n) is 12.8. The van der Waals surface area contributed by atoms with E-state index in [0.29, 0.717) is 31.1 Å². The van der Waals surface area contributed by atoms with Crippen LogP contribution in [0.5, 0.6) is 5.75 Å². The molecule has 1 amide bonds. The number of aromatic nitrogens is 1. The highest BCUT2D eigenvalue weighted by Gasteiger charge is 2.07. The van der Waals surface area contributed by atoms with Gasteiger partial charge in [-0.25, -0.2) is 4.98 Å². The first-order chi connectivity index (χ1) is 10.7. The number of rotatable bonds is 8. The number of methoxy groups -OCH3 is 1. The first-order valence-electron chi connectivity index (χ1n) is 7.10. The number of nitrogens with one attached hydrogen (secondary N) is 1. The van der Waals surface area contributed by atoms with Crippen LogP contribution in [0.3, 0.4) is 0 Å². The Morgan fingerprint density at radius 2 is 2.27 bits per heavy atom. The Bertz CT molecular complexity index is 613. The maximum Gasteiger partial charge on any atom is 0.251 e. The van der Waals surface area contributed by atoms with Crippen LogP contribution in [0, 0.1) is 6.92 Å². The van der Waals surface area contributed by atoms with Gasteiger partial charge in [-0.15, -0.1) is 11.3 Å². The quantitative estimate of drug-likeness (QED) is 0.760. The maximum atomic E-state index is 12.0. The monoisotopic (exact) mass is 320 g/mol. The van der Waals surface area contributed by atoms with E-state index in [9.17, 15) is 4.79 Å². The van der Waals surface area contributed by atoms with E-state index in [-0.39, 0.29) is 5.91 Å². The molecule has 0 atom stereocenters. The molecule has 22 heavy (non-hydrogen) atoms. The Morgan fingerprint density at radius 1 is 1.41 bits per heavy atom. The molecule has 2 rings (SSSR count). The third kappa shape index (κ3) is 5.13. The van der Waals surface area contributed by atoms with E-state index < -0.39 is 0 Å². The van der Waals surface area contributed by atoms with Gasteiger partial charge in [0.1, 0.15) is 12.4 Å². The Hall–Kier alpha value is -1.92. The molecule has 1 aromatic carbocycles. The van der Waals surface area contributed by atoms with Gasteiger partial charge in [0.2, 0.25) is 0 Å². The number of thiazole rings is 1. The van der Waals surface area contributed by atoms with Crippen LogP contribution in [0.15, 0.2) is 29.6 Å². The number of hydrogen-bond acceptors (Lipinski definition) is 5. The highest BCUT2D eigenvalue weighted by atomic mass is 32.1. The molecule has 0 radical (unpaired) electrons. The van der Waals surface area contributed by atoms with Crippen molar-refractivity contribution in [2.24, 2.45) is 0 Å². The molecule has 0 saturated carbocycles. The largest absolute Gasteiger partial charge is 0.487 e. The van der Waals surface area contributed by atoms with E-state index in [1.807, 2.05) is 24.4 Å². The summed E-state index contributed by atoms with van der Waals surface area (Å²) in [4.78, 5) is 16.4. The van der Waals surface area contributed by atoms with Crippen LogP contribution in [-0.2, 0) is 11.3 Å². The summed E-state index contributed by atoms with van der Waals surface area (Å²) in [5, 5.41) is 5.84. The lowest BCUT2D eigenvalue weighted by Gasteiger charge is -2.08. The standard InChI is InChI=1S/C16H20N2O3S/c1-12-18-14(11-22-12)10-21-15-6-3-5-13(9-15)16(19)17-7-4-8-20-2/h3,5-6,9,11H,4,7-8,10H2,1-2H3,(H,17,19). The van der Waals surface area contributed by atoms with Crippen LogP contribution in [0.4, 0.5) is 0 Å². The van der Waals surface area contributed by atoms with Gasteiger partial charge in [0.25, 0.3) is 5.91 Å². The second kappa shape index (κ2) is 8.51. The summed E-state index contributed by atoms with van der Waals surface area (Å²) in [6, 6.07) is 7.16. The minimum Gasteiger partial charge on any atom is -0.487 e. The van der Waals surface area contributed by atoms with Crippen molar-refractivity contribution in [1.29, 1.82) is 0 Å². The lowest BCUT2D eigenvalue weighted by molar-refractivity contribution is 0.0948. The molecule has 1 N–H and O–H groups in total. The number of nitrogens with zero attached hydrogens (tertiary/aromatic N) is 1. The fourth-order valence-corrected chi connectivity index (χ4v) is 2.48. The number of benzene rings is 1. The fourth-order valence-electron chi connectivity index (χ4n) is 1.88. The van der Waals surface area contributed by atoms with Gasteiger partial charge in [0.05, 0.1) is 10.7 Å². The highest BCUT2D eigenvalue weighted by molar-refractivity contribution is 7.09. The average molecular weight is 320 g/mol. The van der Waals surface area contributed by atoms with Crippen molar-refractivity contribution >= 4 is 17.2 Å². The van der Waals surface area contributed by atoms with Crippen molar-refractivity contribution in [2.45, 2.75) is 20.0 Å². The van der Waals surface area contributed by atoms with Crippen LogP contribution in [-0.4, -0.2) is 31.2 Å². The fraction of sp³-hybridized carbons (Fsp3) is 0.375. The number of hydrogen-bond donors (Lipinski definition) is 1. The van der Waals surface area contributed by atoms with Gasteiger partial charge in [-0.2, -0.15) is 0 Å². The molecule has 0 bridgehead atoms. The van der Waals surface area contributed by atoms with E-state index in [1.165, 1.54) is 0 Å². The lowest BCUT2D eigenvalue weighted by Crippen LogP contribution is -2.25. The van der Waals surface area contributed by atoms with Crippen LogP contribution < -0.4 is 10.1 Å². The predicted molar refractivity (Wildman–Crippen MR) is 86.5 cm³/mol. The van der Waals surface area contributed by atoms with Gasteiger partial charge in [-0.05, 0) is 31.5 Å². The zero-order valence-corrected chi connectivity index (χ0v) is 13.6. The molecule has 5 nitrogen and oxygen atoms in total. The molecule has 0 aliphatic heterocycles. The molecule has 0 spiro atoms. The van der Waals surface area contributed by atoms with Crippen molar-refractivity contribution in [3.8, 4) is 5.75 Å². The summed E-state index contributed by atoms with van der Waals surface area (Å²) < 4.78 is 10.6. The molecule has 118 valence electrons. The van der Waals surface area contributed by atoms with Crippen molar-refractivity contribution in [3.05, 3.63) is 45.9 Å². The Labute approximate surface area is 134 Å². The first kappa shape index (κ1) is 16.5. The SMILES string of the molecule is COCCCNC(=O)c1cccc(OCc2csc(C)n2)c1. The molecule has 0 aliphatic carbocycles. The van der Waals surface area contributed by atoms with Gasteiger partial charge < -0.3 is 14.8 Å².